The lowest BCUT2D eigenvalue weighted by Gasteiger charge is -2.55. The minimum absolute atomic E-state index is 0.139. The summed E-state index contributed by atoms with van der Waals surface area (Å²) in [6, 6.07) is 0.316. The lowest BCUT2D eigenvalue weighted by Crippen LogP contribution is -2.51. The first-order valence-corrected chi connectivity index (χ1v) is 9.85. The number of carbonyl (C=O) groups is 1. The fourth-order valence-electron chi connectivity index (χ4n) is 6.42. The van der Waals surface area contributed by atoms with Crippen LogP contribution >= 0.6 is 0 Å². The molecule has 1 aromatic rings. The molecule has 1 amide bonds. The molecule has 4 bridgehead atoms. The van der Waals surface area contributed by atoms with Crippen LogP contribution in [0.5, 0.6) is 0 Å². The van der Waals surface area contributed by atoms with Crippen molar-refractivity contribution in [1.82, 2.24) is 10.2 Å². The Bertz CT molecular complexity index is 597. The summed E-state index contributed by atoms with van der Waals surface area (Å²) in [5.41, 5.74) is -0.159. The molecule has 0 aromatic carbocycles. The van der Waals surface area contributed by atoms with Gasteiger partial charge in [-0.1, -0.05) is 24.4 Å². The van der Waals surface area contributed by atoms with E-state index in [-0.39, 0.29) is 11.3 Å². The molecule has 5 aliphatic carbocycles. The molecule has 0 saturated heterocycles. The summed E-state index contributed by atoms with van der Waals surface area (Å²) in [7, 11) is 0. The molecular weight excluding hydrogens is 302 g/mol. The Morgan fingerprint density at radius 1 is 0.958 bits per heavy atom. The molecule has 0 radical (unpaired) electrons. The van der Waals surface area contributed by atoms with Gasteiger partial charge < -0.3 is 4.42 Å². The van der Waals surface area contributed by atoms with Gasteiger partial charge in [0, 0.05) is 5.92 Å². The standard InChI is InChI=1S/C19H27N3O2/c23-17(19-9-12-6-13(10-19)8-14(7-12)11-19)20-18-22-21-16(24-18)15-4-2-1-3-5-15/h12-15H,1-11H2,(H,20,22,23). The number of hydrogen-bond donors (Lipinski definition) is 1. The lowest BCUT2D eigenvalue weighted by molar-refractivity contribution is -0.140. The Kier molecular flexibility index (Phi) is 3.46. The van der Waals surface area contributed by atoms with Gasteiger partial charge in [-0.2, -0.15) is 0 Å². The maximum absolute atomic E-state index is 13.0. The average molecular weight is 329 g/mol. The smallest absolute Gasteiger partial charge is 0.322 e. The highest BCUT2D eigenvalue weighted by atomic mass is 16.4. The van der Waals surface area contributed by atoms with E-state index in [0.29, 0.717) is 11.9 Å². The SMILES string of the molecule is O=C(Nc1nnc(C2CCCCC2)o1)C12CC3CC(CC(C3)C1)C2. The van der Waals surface area contributed by atoms with Crippen molar-refractivity contribution in [1.29, 1.82) is 0 Å². The molecule has 6 rings (SSSR count). The largest absolute Gasteiger partial charge is 0.408 e. The van der Waals surface area contributed by atoms with E-state index in [9.17, 15) is 4.79 Å². The van der Waals surface area contributed by atoms with E-state index in [1.807, 2.05) is 0 Å². The van der Waals surface area contributed by atoms with Crippen LogP contribution in [0.25, 0.3) is 0 Å². The van der Waals surface area contributed by atoms with Crippen LogP contribution in [0, 0.1) is 23.2 Å². The average Bonchev–Trinajstić information content (AvgIpc) is 3.03. The summed E-state index contributed by atoms with van der Waals surface area (Å²) < 4.78 is 5.80. The molecule has 5 fully saturated rings. The monoisotopic (exact) mass is 329 g/mol. The molecule has 5 saturated carbocycles. The third kappa shape index (κ3) is 2.47. The van der Waals surface area contributed by atoms with Gasteiger partial charge >= 0.3 is 6.01 Å². The van der Waals surface area contributed by atoms with E-state index in [1.165, 1.54) is 38.5 Å². The molecule has 0 atom stereocenters. The number of amides is 1. The summed E-state index contributed by atoms with van der Waals surface area (Å²) >= 11 is 0. The molecule has 24 heavy (non-hydrogen) atoms. The highest BCUT2D eigenvalue weighted by molar-refractivity contribution is 5.94. The molecule has 0 spiro atoms. The van der Waals surface area contributed by atoms with Crippen molar-refractivity contribution in [2.24, 2.45) is 23.2 Å². The fraction of sp³-hybridized carbons (Fsp3) is 0.842. The molecule has 5 aliphatic rings. The van der Waals surface area contributed by atoms with Crippen molar-refractivity contribution in [3.05, 3.63) is 5.89 Å². The number of nitrogens with one attached hydrogen (secondary N) is 1. The highest BCUT2D eigenvalue weighted by Crippen LogP contribution is 2.60. The van der Waals surface area contributed by atoms with Gasteiger partial charge in [0.25, 0.3) is 0 Å². The Labute approximate surface area is 143 Å². The second kappa shape index (κ2) is 5.57. The van der Waals surface area contributed by atoms with Crippen molar-refractivity contribution in [3.8, 4) is 0 Å². The molecule has 1 N–H and O–H groups in total. The van der Waals surface area contributed by atoms with Crippen LogP contribution in [0.4, 0.5) is 6.01 Å². The second-order valence-corrected chi connectivity index (χ2v) is 8.93. The van der Waals surface area contributed by atoms with Crippen LogP contribution in [0.2, 0.25) is 0 Å². The van der Waals surface area contributed by atoms with E-state index in [0.717, 1.165) is 55.7 Å². The van der Waals surface area contributed by atoms with E-state index < -0.39 is 0 Å². The van der Waals surface area contributed by atoms with Crippen molar-refractivity contribution >= 4 is 11.9 Å². The van der Waals surface area contributed by atoms with E-state index in [4.69, 9.17) is 4.42 Å². The van der Waals surface area contributed by atoms with Gasteiger partial charge in [0.1, 0.15) is 0 Å². The van der Waals surface area contributed by atoms with Gasteiger partial charge in [-0.25, -0.2) is 0 Å². The van der Waals surface area contributed by atoms with E-state index in [2.05, 4.69) is 15.5 Å². The minimum atomic E-state index is -0.159. The maximum atomic E-state index is 13.0. The van der Waals surface area contributed by atoms with Crippen LogP contribution in [0.3, 0.4) is 0 Å². The molecular formula is C19H27N3O2. The predicted octanol–water partition coefficient (Wildman–Crippen LogP) is 4.27. The second-order valence-electron chi connectivity index (χ2n) is 8.93. The molecule has 1 aromatic heterocycles. The van der Waals surface area contributed by atoms with Crippen molar-refractivity contribution in [2.75, 3.05) is 5.32 Å². The molecule has 130 valence electrons. The van der Waals surface area contributed by atoms with Gasteiger partial charge in [0.05, 0.1) is 5.41 Å². The van der Waals surface area contributed by atoms with Crippen molar-refractivity contribution < 1.29 is 9.21 Å². The van der Waals surface area contributed by atoms with Crippen molar-refractivity contribution in [2.45, 2.75) is 76.5 Å². The molecule has 1 heterocycles. The van der Waals surface area contributed by atoms with Gasteiger partial charge in [-0.3, -0.25) is 10.1 Å². The summed E-state index contributed by atoms with van der Waals surface area (Å²) in [5.74, 6) is 3.54. The quantitative estimate of drug-likeness (QED) is 0.899. The first-order valence-electron chi connectivity index (χ1n) is 9.85. The van der Waals surface area contributed by atoms with E-state index in [1.54, 1.807) is 0 Å². The minimum Gasteiger partial charge on any atom is -0.408 e. The number of aromatic nitrogens is 2. The summed E-state index contributed by atoms with van der Waals surface area (Å²) in [4.78, 5) is 13.0. The van der Waals surface area contributed by atoms with Crippen LogP contribution in [0.1, 0.15) is 82.4 Å². The number of hydrogen-bond acceptors (Lipinski definition) is 4. The topological polar surface area (TPSA) is 68.0 Å². The molecule has 0 aliphatic heterocycles. The van der Waals surface area contributed by atoms with Crippen LogP contribution in [0.15, 0.2) is 4.42 Å². The van der Waals surface area contributed by atoms with Gasteiger partial charge in [0.2, 0.25) is 11.8 Å². The first kappa shape index (κ1) is 14.9. The lowest BCUT2D eigenvalue weighted by atomic mass is 9.49. The van der Waals surface area contributed by atoms with E-state index >= 15 is 0 Å². The number of rotatable bonds is 3. The predicted molar refractivity (Wildman–Crippen MR) is 89.4 cm³/mol. The number of carbonyl (C=O) groups excluding carboxylic acids is 1. The Balaban J connectivity index is 1.29. The molecule has 0 unspecified atom stereocenters. The van der Waals surface area contributed by atoms with Crippen LogP contribution in [-0.2, 0) is 4.79 Å². The third-order valence-electron chi connectivity index (χ3n) is 7.14. The molecule has 5 nitrogen and oxygen atoms in total. The highest BCUT2D eigenvalue weighted by Gasteiger charge is 2.54. The Hall–Kier alpha value is -1.39. The maximum Gasteiger partial charge on any atom is 0.322 e. The Morgan fingerprint density at radius 2 is 1.58 bits per heavy atom. The third-order valence-corrected chi connectivity index (χ3v) is 7.14. The zero-order valence-corrected chi connectivity index (χ0v) is 14.3. The van der Waals surface area contributed by atoms with Gasteiger partial charge in [-0.05, 0) is 69.1 Å². The number of nitrogens with zero attached hydrogens (tertiary/aromatic N) is 2. The normalized spacial score (nSPS) is 38.4. The first-order chi connectivity index (χ1) is 11.7. The zero-order chi connectivity index (χ0) is 16.1. The van der Waals surface area contributed by atoms with Crippen molar-refractivity contribution in [3.63, 3.8) is 0 Å². The summed E-state index contributed by atoms with van der Waals surface area (Å²) in [6.45, 7) is 0. The molecule has 5 heteroatoms. The van der Waals surface area contributed by atoms with Gasteiger partial charge in [0.15, 0.2) is 0 Å². The zero-order valence-electron chi connectivity index (χ0n) is 14.3. The summed E-state index contributed by atoms with van der Waals surface area (Å²) in [6.07, 6.45) is 13.3. The van der Waals surface area contributed by atoms with Crippen LogP contribution < -0.4 is 5.32 Å². The Morgan fingerprint density at radius 3 is 2.21 bits per heavy atom. The van der Waals surface area contributed by atoms with Crippen LogP contribution in [-0.4, -0.2) is 16.1 Å². The summed E-state index contributed by atoms with van der Waals surface area (Å²) in [5, 5.41) is 11.3. The van der Waals surface area contributed by atoms with Gasteiger partial charge in [-0.15, -0.1) is 5.10 Å². The number of anilines is 1. The fourth-order valence-corrected chi connectivity index (χ4v) is 6.42.